The lowest BCUT2D eigenvalue weighted by molar-refractivity contribution is 0.0521. The van der Waals surface area contributed by atoms with Crippen LogP contribution in [-0.4, -0.2) is 40.0 Å². The fourth-order valence-corrected chi connectivity index (χ4v) is 4.14. The lowest BCUT2D eigenvalue weighted by Gasteiger charge is -2.36. The van der Waals surface area contributed by atoms with Gasteiger partial charge in [0.25, 0.3) is 0 Å². The normalized spacial score (nSPS) is 15.9. The van der Waals surface area contributed by atoms with E-state index in [1.807, 2.05) is 0 Å². The van der Waals surface area contributed by atoms with Gasteiger partial charge in [0, 0.05) is 53.9 Å². The number of hydrogen-bond acceptors (Lipinski definition) is 5. The van der Waals surface area contributed by atoms with E-state index in [4.69, 9.17) is 14.2 Å². The molecule has 2 N–H and O–H groups in total. The van der Waals surface area contributed by atoms with Crippen molar-refractivity contribution in [1.29, 1.82) is 0 Å². The summed E-state index contributed by atoms with van der Waals surface area (Å²) < 4.78 is 16.0. The standard InChI is InChI=1S/C19H24N2O4S/c1-23-15-10-14(11-16(12-15)24-2)21-18(22)20-13-19(5-7-25-8-6-19)17-4-3-9-26-17/h3-4,9-12H,5-8,13H2,1-2H3,(H2,20,21,22). The van der Waals surface area contributed by atoms with E-state index >= 15 is 0 Å². The summed E-state index contributed by atoms with van der Waals surface area (Å²) in [4.78, 5) is 13.7. The van der Waals surface area contributed by atoms with Gasteiger partial charge in [-0.3, -0.25) is 0 Å². The maximum Gasteiger partial charge on any atom is 0.319 e. The van der Waals surface area contributed by atoms with Gasteiger partial charge < -0.3 is 24.8 Å². The van der Waals surface area contributed by atoms with E-state index in [9.17, 15) is 4.79 Å². The summed E-state index contributed by atoms with van der Waals surface area (Å²) in [5.41, 5.74) is 0.561. The Morgan fingerprint density at radius 3 is 2.46 bits per heavy atom. The average molecular weight is 376 g/mol. The molecule has 0 radical (unpaired) electrons. The second kappa shape index (κ2) is 8.42. The van der Waals surface area contributed by atoms with Gasteiger partial charge in [0.1, 0.15) is 11.5 Å². The van der Waals surface area contributed by atoms with Crippen LogP contribution in [0.5, 0.6) is 11.5 Å². The quantitative estimate of drug-likeness (QED) is 0.808. The number of nitrogens with one attached hydrogen (secondary N) is 2. The Morgan fingerprint density at radius 2 is 1.88 bits per heavy atom. The SMILES string of the molecule is COc1cc(NC(=O)NCC2(c3cccs3)CCOCC2)cc(OC)c1. The van der Waals surface area contributed by atoms with Crippen LogP contribution in [0, 0.1) is 0 Å². The van der Waals surface area contributed by atoms with Crippen LogP contribution >= 0.6 is 11.3 Å². The van der Waals surface area contributed by atoms with Gasteiger partial charge in [-0.2, -0.15) is 0 Å². The zero-order valence-electron chi connectivity index (χ0n) is 15.0. The third-order valence-electron chi connectivity index (χ3n) is 4.69. The molecule has 2 aromatic rings. The van der Waals surface area contributed by atoms with Gasteiger partial charge in [0.05, 0.1) is 14.2 Å². The molecule has 1 fully saturated rings. The highest BCUT2D eigenvalue weighted by Crippen LogP contribution is 2.37. The Balaban J connectivity index is 1.66. The number of carbonyl (C=O) groups excluding carboxylic acids is 1. The summed E-state index contributed by atoms with van der Waals surface area (Å²) in [6, 6.07) is 9.22. The van der Waals surface area contributed by atoms with Gasteiger partial charge in [-0.15, -0.1) is 11.3 Å². The van der Waals surface area contributed by atoms with E-state index < -0.39 is 0 Å². The molecule has 0 unspecified atom stereocenters. The number of carbonyl (C=O) groups is 1. The van der Waals surface area contributed by atoms with E-state index in [1.54, 1.807) is 43.8 Å². The first-order valence-electron chi connectivity index (χ1n) is 8.55. The number of benzene rings is 1. The maximum absolute atomic E-state index is 12.4. The number of thiophene rings is 1. The first-order chi connectivity index (χ1) is 12.6. The molecular formula is C19H24N2O4S. The minimum absolute atomic E-state index is 0.0597. The van der Waals surface area contributed by atoms with Crippen molar-refractivity contribution in [3.8, 4) is 11.5 Å². The van der Waals surface area contributed by atoms with Crippen molar-refractivity contribution in [3.05, 3.63) is 40.6 Å². The number of rotatable bonds is 6. The van der Waals surface area contributed by atoms with Crippen LogP contribution in [0.15, 0.2) is 35.7 Å². The third-order valence-corrected chi connectivity index (χ3v) is 5.81. The summed E-state index contributed by atoms with van der Waals surface area (Å²) in [5, 5.41) is 7.96. The van der Waals surface area contributed by atoms with Crippen LogP contribution in [0.4, 0.5) is 10.5 Å². The topological polar surface area (TPSA) is 68.8 Å². The lowest BCUT2D eigenvalue weighted by atomic mass is 9.78. The molecule has 6 nitrogen and oxygen atoms in total. The Hall–Kier alpha value is -2.25. The van der Waals surface area contributed by atoms with Gasteiger partial charge in [-0.1, -0.05) is 6.07 Å². The highest BCUT2D eigenvalue weighted by atomic mass is 32.1. The van der Waals surface area contributed by atoms with Crippen molar-refractivity contribution >= 4 is 23.1 Å². The van der Waals surface area contributed by atoms with E-state index in [1.165, 1.54) is 4.88 Å². The zero-order valence-corrected chi connectivity index (χ0v) is 15.9. The molecule has 26 heavy (non-hydrogen) atoms. The molecule has 0 aliphatic carbocycles. The molecule has 2 amide bonds. The van der Waals surface area contributed by atoms with Gasteiger partial charge in [0.15, 0.2) is 0 Å². The second-order valence-electron chi connectivity index (χ2n) is 6.28. The number of anilines is 1. The van der Waals surface area contributed by atoms with Gasteiger partial charge in [-0.25, -0.2) is 4.79 Å². The van der Waals surface area contributed by atoms with Crippen molar-refractivity contribution in [2.45, 2.75) is 18.3 Å². The summed E-state index contributed by atoms with van der Waals surface area (Å²) >= 11 is 1.73. The Morgan fingerprint density at radius 1 is 1.19 bits per heavy atom. The molecule has 0 atom stereocenters. The second-order valence-corrected chi connectivity index (χ2v) is 7.23. The van der Waals surface area contributed by atoms with Crippen LogP contribution in [0.3, 0.4) is 0 Å². The van der Waals surface area contributed by atoms with Gasteiger partial charge in [-0.05, 0) is 24.3 Å². The molecule has 2 heterocycles. The highest BCUT2D eigenvalue weighted by molar-refractivity contribution is 7.10. The number of amides is 2. The predicted octanol–water partition coefficient (Wildman–Crippen LogP) is 3.64. The minimum atomic E-state index is -0.247. The number of urea groups is 1. The summed E-state index contributed by atoms with van der Waals surface area (Å²) in [5.74, 6) is 1.25. The van der Waals surface area contributed by atoms with E-state index in [0.29, 0.717) is 36.9 Å². The van der Waals surface area contributed by atoms with Gasteiger partial charge in [0.2, 0.25) is 0 Å². The number of ether oxygens (including phenoxy) is 3. The first-order valence-corrected chi connectivity index (χ1v) is 9.43. The first kappa shape index (κ1) is 18.5. The molecule has 3 rings (SSSR count). The van der Waals surface area contributed by atoms with Crippen LogP contribution in [0.2, 0.25) is 0 Å². The Labute approximate surface area is 157 Å². The summed E-state index contributed by atoms with van der Waals surface area (Å²) in [6.45, 7) is 2.01. The van der Waals surface area contributed by atoms with Crippen LogP contribution in [-0.2, 0) is 10.2 Å². The molecule has 1 aliphatic rings. The summed E-state index contributed by atoms with van der Waals surface area (Å²) in [6.07, 6.45) is 1.81. The molecule has 140 valence electrons. The molecule has 1 saturated heterocycles. The molecule has 0 spiro atoms. The fourth-order valence-electron chi connectivity index (χ4n) is 3.16. The van der Waals surface area contributed by atoms with Crippen molar-refractivity contribution in [2.75, 3.05) is 39.3 Å². The average Bonchev–Trinajstić information content (AvgIpc) is 3.22. The largest absolute Gasteiger partial charge is 0.497 e. The molecule has 1 aromatic heterocycles. The number of hydrogen-bond donors (Lipinski definition) is 2. The maximum atomic E-state index is 12.4. The molecule has 1 aliphatic heterocycles. The molecule has 1 aromatic carbocycles. The fraction of sp³-hybridized carbons (Fsp3) is 0.421. The van der Waals surface area contributed by atoms with Crippen molar-refractivity contribution in [3.63, 3.8) is 0 Å². The highest BCUT2D eigenvalue weighted by Gasteiger charge is 2.35. The number of methoxy groups -OCH3 is 2. The van der Waals surface area contributed by atoms with E-state index in [-0.39, 0.29) is 11.4 Å². The smallest absolute Gasteiger partial charge is 0.319 e. The zero-order chi connectivity index (χ0) is 18.4. The van der Waals surface area contributed by atoms with E-state index in [0.717, 1.165) is 12.8 Å². The van der Waals surface area contributed by atoms with Crippen LogP contribution in [0.25, 0.3) is 0 Å². The van der Waals surface area contributed by atoms with Crippen molar-refractivity contribution < 1.29 is 19.0 Å². The van der Waals surface area contributed by atoms with Crippen molar-refractivity contribution in [1.82, 2.24) is 5.32 Å². The van der Waals surface area contributed by atoms with Crippen molar-refractivity contribution in [2.24, 2.45) is 0 Å². The van der Waals surface area contributed by atoms with E-state index in [2.05, 4.69) is 28.1 Å². The Kier molecular flexibility index (Phi) is 6.00. The van der Waals surface area contributed by atoms with Gasteiger partial charge >= 0.3 is 6.03 Å². The monoisotopic (exact) mass is 376 g/mol. The Bertz CT molecular complexity index is 705. The molecule has 0 bridgehead atoms. The molecular weight excluding hydrogens is 352 g/mol. The third kappa shape index (κ3) is 4.28. The predicted molar refractivity (Wildman–Crippen MR) is 103 cm³/mol. The minimum Gasteiger partial charge on any atom is -0.497 e. The molecule has 0 saturated carbocycles. The van der Waals surface area contributed by atoms with Crippen LogP contribution < -0.4 is 20.1 Å². The summed E-state index contributed by atoms with van der Waals surface area (Å²) in [7, 11) is 3.16. The lowest BCUT2D eigenvalue weighted by Crippen LogP contribution is -2.45. The molecule has 7 heteroatoms. The van der Waals surface area contributed by atoms with Crippen LogP contribution in [0.1, 0.15) is 17.7 Å².